The van der Waals surface area contributed by atoms with Crippen LogP contribution in [0.25, 0.3) is 0 Å². The molecule has 6 nitrogen and oxygen atoms in total. The number of carboxylic acid groups (broad SMARTS) is 1. The number of carboxylic acids is 1. The van der Waals surface area contributed by atoms with Gasteiger partial charge in [-0.05, 0) is 48.4 Å². The Morgan fingerprint density at radius 3 is 2.16 bits per heavy atom. The Labute approximate surface area is 185 Å². The Bertz CT molecular complexity index is 1030. The first-order chi connectivity index (χ1) is 14.3. The molecule has 2 aromatic carbocycles. The molecule has 0 saturated heterocycles. The molecule has 0 aliphatic carbocycles. The second kappa shape index (κ2) is 9.15. The average molecular weight is 477 g/mol. The third kappa shape index (κ3) is 5.48. The summed E-state index contributed by atoms with van der Waals surface area (Å²) in [6.07, 6.45) is -5.34. The lowest BCUT2D eigenvalue weighted by Crippen LogP contribution is -2.42. The summed E-state index contributed by atoms with van der Waals surface area (Å²) in [5.41, 5.74) is 3.61. The molecule has 0 radical (unpaired) electrons. The fourth-order valence-corrected chi connectivity index (χ4v) is 3.49. The third-order valence-electron chi connectivity index (χ3n) is 4.34. The van der Waals surface area contributed by atoms with Crippen molar-refractivity contribution < 1.29 is 32.7 Å². The Balaban J connectivity index is 0.000000785. The lowest BCUT2D eigenvalue weighted by Gasteiger charge is -2.29. The van der Waals surface area contributed by atoms with Gasteiger partial charge in [0.25, 0.3) is 11.6 Å². The maximum Gasteiger partial charge on any atom is 0.435 e. The van der Waals surface area contributed by atoms with Crippen molar-refractivity contribution >= 4 is 40.8 Å². The normalized spacial score (nSPS) is 17.8. The molecule has 0 bridgehead atoms. The van der Waals surface area contributed by atoms with E-state index in [4.69, 9.17) is 43.7 Å². The molecule has 1 amide bonds. The lowest BCUT2D eigenvalue weighted by molar-refractivity contribution is -0.275. The minimum atomic E-state index is -4.77. The van der Waals surface area contributed by atoms with E-state index in [1.165, 1.54) is 18.2 Å². The molecule has 2 aromatic rings. The lowest BCUT2D eigenvalue weighted by atomic mass is 9.86. The van der Waals surface area contributed by atoms with Gasteiger partial charge in [-0.2, -0.15) is 13.2 Å². The van der Waals surface area contributed by atoms with Crippen molar-refractivity contribution in [2.45, 2.75) is 32.0 Å². The quantitative estimate of drug-likeness (QED) is 0.644. The fourth-order valence-electron chi connectivity index (χ4n) is 2.97. The number of hydrogen-bond acceptors (Lipinski definition) is 4. The summed E-state index contributed by atoms with van der Waals surface area (Å²) >= 11 is 11.7. The topological polar surface area (TPSA) is 102 Å². The number of carbonyl (C=O) groups is 2. The van der Waals surface area contributed by atoms with Gasteiger partial charge < -0.3 is 15.7 Å². The van der Waals surface area contributed by atoms with Crippen LogP contribution in [0.15, 0.2) is 41.6 Å². The van der Waals surface area contributed by atoms with Gasteiger partial charge in [-0.3, -0.25) is 9.59 Å². The van der Waals surface area contributed by atoms with Gasteiger partial charge in [0.1, 0.15) is 0 Å². The number of alkyl halides is 3. The van der Waals surface area contributed by atoms with Gasteiger partial charge in [-0.25, -0.2) is 0 Å². The van der Waals surface area contributed by atoms with Gasteiger partial charge in [0.2, 0.25) is 5.91 Å². The van der Waals surface area contributed by atoms with Crippen LogP contribution >= 0.6 is 23.2 Å². The molecule has 1 atom stereocenters. The summed E-state index contributed by atoms with van der Waals surface area (Å²) in [6, 6.07) is 8.10. The summed E-state index contributed by atoms with van der Waals surface area (Å²) in [4.78, 5) is 25.3. The number of aryl methyl sites for hydroxylation is 1. The first-order valence-corrected chi connectivity index (χ1v) is 9.41. The number of nitrogens with two attached hydrogens (primary N) is 1. The summed E-state index contributed by atoms with van der Waals surface area (Å²) in [5, 5.41) is 11.2. The monoisotopic (exact) mass is 476 g/mol. The molecule has 166 valence electrons. The third-order valence-corrected chi connectivity index (χ3v) is 4.78. The number of amides is 1. The highest BCUT2D eigenvalue weighted by Crippen LogP contribution is 2.49. The number of benzene rings is 2. The van der Waals surface area contributed by atoms with Gasteiger partial charge in [0, 0.05) is 34.5 Å². The van der Waals surface area contributed by atoms with E-state index < -0.39 is 30.1 Å². The first-order valence-electron chi connectivity index (χ1n) is 8.65. The van der Waals surface area contributed by atoms with Crippen LogP contribution in [-0.4, -0.2) is 28.9 Å². The minimum Gasteiger partial charge on any atom is -0.481 e. The minimum absolute atomic E-state index is 0.0554. The van der Waals surface area contributed by atoms with Crippen LogP contribution in [0.2, 0.25) is 10.0 Å². The molecule has 31 heavy (non-hydrogen) atoms. The van der Waals surface area contributed by atoms with E-state index >= 15 is 0 Å². The molecular weight excluding hydrogens is 460 g/mol. The highest BCUT2D eigenvalue weighted by Gasteiger charge is 2.62. The Kier molecular flexibility index (Phi) is 7.23. The van der Waals surface area contributed by atoms with Crippen molar-refractivity contribution in [3.05, 3.63) is 68.7 Å². The van der Waals surface area contributed by atoms with Crippen LogP contribution in [0.1, 0.15) is 40.4 Å². The van der Waals surface area contributed by atoms with E-state index in [1.807, 2.05) is 0 Å². The number of carbonyl (C=O) groups excluding carboxylic acids is 1. The number of oxime groups is 1. The second-order valence-electron chi connectivity index (χ2n) is 6.70. The number of hydrogen-bond donors (Lipinski definition) is 2. The molecule has 1 aliphatic rings. The summed E-state index contributed by atoms with van der Waals surface area (Å²) in [6.45, 7) is 2.72. The van der Waals surface area contributed by atoms with Crippen molar-refractivity contribution in [3.63, 3.8) is 0 Å². The molecule has 0 saturated carbocycles. The zero-order valence-electron chi connectivity index (χ0n) is 16.3. The van der Waals surface area contributed by atoms with Crippen molar-refractivity contribution in [1.82, 2.24) is 0 Å². The zero-order valence-corrected chi connectivity index (χ0v) is 17.8. The highest BCUT2D eigenvalue weighted by molar-refractivity contribution is 6.34. The second-order valence-corrected chi connectivity index (χ2v) is 7.57. The predicted molar refractivity (Wildman–Crippen MR) is 109 cm³/mol. The smallest absolute Gasteiger partial charge is 0.435 e. The molecule has 0 aromatic heterocycles. The molecule has 3 rings (SSSR count). The number of rotatable bonds is 3. The van der Waals surface area contributed by atoms with E-state index in [-0.39, 0.29) is 26.9 Å². The van der Waals surface area contributed by atoms with Crippen LogP contribution in [-0.2, 0) is 15.2 Å². The molecular formula is C20H17Cl2F3N2O4. The van der Waals surface area contributed by atoms with Gasteiger partial charge >= 0.3 is 6.18 Å². The fraction of sp³-hybridized carbons (Fsp3) is 0.250. The predicted octanol–water partition coefficient (Wildman–Crippen LogP) is 5.07. The Morgan fingerprint density at radius 2 is 1.71 bits per heavy atom. The van der Waals surface area contributed by atoms with Crippen LogP contribution in [0.5, 0.6) is 0 Å². The van der Waals surface area contributed by atoms with Crippen molar-refractivity contribution in [3.8, 4) is 0 Å². The van der Waals surface area contributed by atoms with Crippen molar-refractivity contribution in [2.75, 3.05) is 0 Å². The van der Waals surface area contributed by atoms with Gasteiger partial charge in [-0.1, -0.05) is 34.4 Å². The average Bonchev–Trinajstić information content (AvgIpc) is 3.06. The molecule has 1 aliphatic heterocycles. The molecule has 0 spiro atoms. The van der Waals surface area contributed by atoms with E-state index in [1.54, 1.807) is 13.0 Å². The summed E-state index contributed by atoms with van der Waals surface area (Å²) in [5.74, 6) is -1.46. The Hall–Kier alpha value is -2.78. The van der Waals surface area contributed by atoms with E-state index in [9.17, 15) is 18.0 Å². The van der Waals surface area contributed by atoms with Crippen molar-refractivity contribution in [1.29, 1.82) is 0 Å². The Morgan fingerprint density at radius 1 is 1.16 bits per heavy atom. The number of primary amides is 1. The highest BCUT2D eigenvalue weighted by atomic mass is 35.5. The van der Waals surface area contributed by atoms with Crippen LogP contribution < -0.4 is 5.73 Å². The summed E-state index contributed by atoms with van der Waals surface area (Å²) < 4.78 is 41.9. The maximum absolute atomic E-state index is 14.0. The van der Waals surface area contributed by atoms with Crippen LogP contribution in [0.3, 0.4) is 0 Å². The molecule has 1 heterocycles. The van der Waals surface area contributed by atoms with Crippen molar-refractivity contribution in [2.24, 2.45) is 10.9 Å². The largest absolute Gasteiger partial charge is 0.481 e. The van der Waals surface area contributed by atoms with E-state index in [0.717, 1.165) is 19.1 Å². The van der Waals surface area contributed by atoms with Gasteiger partial charge in [0.15, 0.2) is 0 Å². The molecule has 0 fully saturated rings. The maximum atomic E-state index is 14.0. The SMILES string of the molecule is CC(=O)O.Cc1cc(C2=NOC(c3cc(Cl)cc(Cl)c3)(C(F)(F)F)C2)ccc1C(N)=O. The van der Waals surface area contributed by atoms with E-state index in [0.29, 0.717) is 11.1 Å². The van der Waals surface area contributed by atoms with Gasteiger partial charge in [0.05, 0.1) is 5.71 Å². The first kappa shape index (κ1) is 24.5. The number of nitrogens with zero attached hydrogens (tertiary/aromatic N) is 1. The van der Waals surface area contributed by atoms with E-state index in [2.05, 4.69) is 5.16 Å². The van der Waals surface area contributed by atoms with Crippen LogP contribution in [0.4, 0.5) is 13.2 Å². The van der Waals surface area contributed by atoms with Crippen LogP contribution in [0, 0.1) is 6.92 Å². The zero-order chi connectivity index (χ0) is 23.6. The molecule has 1 unspecified atom stereocenters. The summed E-state index contributed by atoms with van der Waals surface area (Å²) in [7, 11) is 0. The number of aliphatic carboxylic acids is 1. The molecule has 11 heteroatoms. The number of halogens is 5. The standard InChI is InChI=1S/C18H13Cl2F3N2O2.C2H4O2/c1-9-4-10(2-3-14(9)16(24)26)15-8-17(27-25-15,18(21,22)23)11-5-12(19)7-13(20)6-11;1-2(3)4/h2-7H,8H2,1H3,(H2,24,26);1H3,(H,3,4). The molecule has 3 N–H and O–H groups in total. The van der Waals surface area contributed by atoms with Gasteiger partial charge in [-0.15, -0.1) is 0 Å².